The molecule has 3 rings (SSSR count). The van der Waals surface area contributed by atoms with Crippen LogP contribution in [0.15, 0.2) is 53.3 Å². The summed E-state index contributed by atoms with van der Waals surface area (Å²) in [5.74, 6) is 1.22. The third-order valence-corrected chi connectivity index (χ3v) is 3.61. The van der Waals surface area contributed by atoms with E-state index in [4.69, 9.17) is 0 Å². The molecule has 4 heteroatoms. The van der Waals surface area contributed by atoms with Gasteiger partial charge in [0.2, 0.25) is 0 Å². The fraction of sp³-hybridized carbons (Fsp3) is 0.0714. The van der Waals surface area contributed by atoms with E-state index in [0.717, 1.165) is 21.4 Å². The molecule has 0 spiro atoms. The monoisotopic (exact) mass is 302 g/mol. The van der Waals surface area contributed by atoms with Crippen molar-refractivity contribution in [2.45, 2.75) is 6.42 Å². The van der Waals surface area contributed by atoms with Crippen molar-refractivity contribution < 1.29 is 5.11 Å². The van der Waals surface area contributed by atoms with Crippen molar-refractivity contribution >= 4 is 21.4 Å². The Bertz CT molecular complexity index is 706. The number of benzene rings is 1. The molecule has 0 aliphatic rings. The number of fused-ring (bicyclic) bond motifs is 1. The van der Waals surface area contributed by atoms with Crippen LogP contribution in [-0.4, -0.2) is 14.5 Å². The molecule has 0 saturated carbocycles. The van der Waals surface area contributed by atoms with E-state index in [1.54, 1.807) is 6.07 Å². The maximum Gasteiger partial charge on any atom is 0.119 e. The summed E-state index contributed by atoms with van der Waals surface area (Å²) < 4.78 is 3.04. The van der Waals surface area contributed by atoms with Gasteiger partial charge in [-0.15, -0.1) is 0 Å². The maximum atomic E-state index is 9.79. The fourth-order valence-corrected chi connectivity index (χ4v) is 2.45. The maximum absolute atomic E-state index is 9.79. The van der Waals surface area contributed by atoms with Gasteiger partial charge in [0.05, 0.1) is 11.7 Å². The number of rotatable bonds is 2. The number of halogens is 1. The molecule has 1 N–H and O–H groups in total. The Labute approximate surface area is 113 Å². The van der Waals surface area contributed by atoms with Crippen molar-refractivity contribution in [1.82, 2.24) is 9.38 Å². The van der Waals surface area contributed by atoms with Crippen molar-refractivity contribution in [2.75, 3.05) is 0 Å². The SMILES string of the molecule is Oc1ccccc1Cc1ncc2c(Br)cccn12. The Kier molecular flexibility index (Phi) is 2.80. The Morgan fingerprint density at radius 2 is 2.00 bits per heavy atom. The first kappa shape index (κ1) is 11.3. The van der Waals surface area contributed by atoms with Gasteiger partial charge in [-0.3, -0.25) is 0 Å². The van der Waals surface area contributed by atoms with Gasteiger partial charge >= 0.3 is 0 Å². The minimum absolute atomic E-state index is 0.309. The van der Waals surface area contributed by atoms with Gasteiger partial charge in [-0.05, 0) is 34.1 Å². The Hall–Kier alpha value is -1.81. The molecule has 0 amide bonds. The van der Waals surface area contributed by atoms with E-state index in [9.17, 15) is 5.11 Å². The summed E-state index contributed by atoms with van der Waals surface area (Å²) in [7, 11) is 0. The second-order valence-electron chi connectivity index (χ2n) is 4.09. The standard InChI is InChI=1S/C14H11BrN2O/c15-11-5-3-7-17-12(11)9-16-14(17)8-10-4-1-2-6-13(10)18/h1-7,9,18H,8H2. The molecule has 0 aliphatic carbocycles. The van der Waals surface area contributed by atoms with Crippen molar-refractivity contribution in [3.63, 3.8) is 0 Å². The minimum Gasteiger partial charge on any atom is -0.508 e. The van der Waals surface area contributed by atoms with Gasteiger partial charge in [0.15, 0.2) is 0 Å². The van der Waals surface area contributed by atoms with Crippen molar-refractivity contribution in [3.05, 3.63) is 64.7 Å². The second kappa shape index (κ2) is 4.46. The summed E-state index contributed by atoms with van der Waals surface area (Å²) in [6.07, 6.45) is 4.42. The molecule has 3 aromatic rings. The van der Waals surface area contributed by atoms with Gasteiger partial charge in [0.25, 0.3) is 0 Å². The number of hydrogen-bond acceptors (Lipinski definition) is 2. The normalized spacial score (nSPS) is 10.9. The van der Waals surface area contributed by atoms with E-state index < -0.39 is 0 Å². The highest BCUT2D eigenvalue weighted by Gasteiger charge is 2.08. The minimum atomic E-state index is 0.309. The lowest BCUT2D eigenvalue weighted by atomic mass is 10.1. The van der Waals surface area contributed by atoms with Crippen LogP contribution in [0.1, 0.15) is 11.4 Å². The van der Waals surface area contributed by atoms with E-state index in [2.05, 4.69) is 20.9 Å². The van der Waals surface area contributed by atoms with Crippen molar-refractivity contribution in [3.8, 4) is 5.75 Å². The van der Waals surface area contributed by atoms with Crippen molar-refractivity contribution in [1.29, 1.82) is 0 Å². The third-order valence-electron chi connectivity index (χ3n) is 2.94. The molecule has 0 radical (unpaired) electrons. The summed E-state index contributed by atoms with van der Waals surface area (Å²) in [4.78, 5) is 4.41. The molecule has 0 unspecified atom stereocenters. The molecule has 2 heterocycles. The van der Waals surface area contributed by atoms with Crippen LogP contribution in [0.25, 0.3) is 5.52 Å². The summed E-state index contributed by atoms with van der Waals surface area (Å²) in [5.41, 5.74) is 1.91. The molecule has 0 bridgehead atoms. The molecular formula is C14H11BrN2O. The number of phenolic OH excluding ortho intramolecular Hbond substituents is 1. The number of nitrogens with zero attached hydrogens (tertiary/aromatic N) is 2. The van der Waals surface area contributed by atoms with Crippen LogP contribution in [0.2, 0.25) is 0 Å². The third kappa shape index (κ3) is 1.88. The Balaban J connectivity index is 2.06. The smallest absolute Gasteiger partial charge is 0.119 e. The van der Waals surface area contributed by atoms with E-state index in [-0.39, 0.29) is 0 Å². The fourth-order valence-electron chi connectivity index (χ4n) is 2.00. The summed E-state index contributed by atoms with van der Waals surface area (Å²) in [6.45, 7) is 0. The van der Waals surface area contributed by atoms with Crippen LogP contribution in [0.4, 0.5) is 0 Å². The van der Waals surface area contributed by atoms with Crippen LogP contribution in [-0.2, 0) is 6.42 Å². The number of para-hydroxylation sites is 1. The molecule has 0 atom stereocenters. The van der Waals surface area contributed by atoms with E-state index in [1.807, 2.05) is 47.1 Å². The zero-order valence-electron chi connectivity index (χ0n) is 9.55. The predicted molar refractivity (Wildman–Crippen MR) is 73.8 cm³/mol. The summed E-state index contributed by atoms with van der Waals surface area (Å²) in [5, 5.41) is 9.79. The van der Waals surface area contributed by atoms with Gasteiger partial charge in [-0.25, -0.2) is 4.98 Å². The number of imidazole rings is 1. The second-order valence-corrected chi connectivity index (χ2v) is 4.95. The van der Waals surface area contributed by atoms with Crippen LogP contribution >= 0.6 is 15.9 Å². The van der Waals surface area contributed by atoms with Gasteiger partial charge in [0.1, 0.15) is 11.6 Å². The highest BCUT2D eigenvalue weighted by atomic mass is 79.9. The van der Waals surface area contributed by atoms with Gasteiger partial charge in [0, 0.05) is 22.7 Å². The zero-order valence-corrected chi connectivity index (χ0v) is 11.1. The quantitative estimate of drug-likeness (QED) is 0.788. The molecule has 3 nitrogen and oxygen atoms in total. The lowest BCUT2D eigenvalue weighted by Crippen LogP contribution is -1.96. The van der Waals surface area contributed by atoms with E-state index in [1.165, 1.54) is 0 Å². The predicted octanol–water partition coefficient (Wildman–Crippen LogP) is 3.39. The number of pyridine rings is 1. The van der Waals surface area contributed by atoms with E-state index >= 15 is 0 Å². The largest absolute Gasteiger partial charge is 0.508 e. The molecule has 0 aliphatic heterocycles. The van der Waals surface area contributed by atoms with Crippen molar-refractivity contribution in [2.24, 2.45) is 0 Å². The first-order chi connectivity index (χ1) is 8.75. The molecule has 0 fully saturated rings. The van der Waals surface area contributed by atoms with Gasteiger partial charge < -0.3 is 9.51 Å². The van der Waals surface area contributed by atoms with Crippen LogP contribution in [0.5, 0.6) is 5.75 Å². The molecule has 0 saturated heterocycles. The first-order valence-electron chi connectivity index (χ1n) is 5.63. The summed E-state index contributed by atoms with van der Waals surface area (Å²) >= 11 is 3.50. The van der Waals surface area contributed by atoms with Gasteiger partial charge in [-0.2, -0.15) is 0 Å². The lowest BCUT2D eigenvalue weighted by Gasteiger charge is -2.04. The van der Waals surface area contributed by atoms with Crippen LogP contribution in [0, 0.1) is 0 Å². The average Bonchev–Trinajstić information content (AvgIpc) is 2.77. The number of hydrogen-bond donors (Lipinski definition) is 1. The Morgan fingerprint density at radius 3 is 2.83 bits per heavy atom. The lowest BCUT2D eigenvalue weighted by molar-refractivity contribution is 0.469. The molecular weight excluding hydrogens is 292 g/mol. The molecule has 90 valence electrons. The Morgan fingerprint density at radius 1 is 1.17 bits per heavy atom. The highest BCUT2D eigenvalue weighted by molar-refractivity contribution is 9.10. The first-order valence-corrected chi connectivity index (χ1v) is 6.42. The number of phenols is 1. The topological polar surface area (TPSA) is 37.5 Å². The van der Waals surface area contributed by atoms with Gasteiger partial charge in [-0.1, -0.05) is 18.2 Å². The molecule has 1 aromatic carbocycles. The molecule has 18 heavy (non-hydrogen) atoms. The number of aromatic hydroxyl groups is 1. The van der Waals surface area contributed by atoms with Crippen LogP contribution in [0.3, 0.4) is 0 Å². The van der Waals surface area contributed by atoms with Crippen LogP contribution < -0.4 is 0 Å². The van der Waals surface area contributed by atoms with E-state index in [0.29, 0.717) is 12.2 Å². The number of aromatic nitrogens is 2. The highest BCUT2D eigenvalue weighted by Crippen LogP contribution is 2.22. The average molecular weight is 303 g/mol. The zero-order chi connectivity index (χ0) is 12.5. The summed E-state index contributed by atoms with van der Waals surface area (Å²) in [6, 6.07) is 11.3. The molecule has 2 aromatic heterocycles.